The molecule has 4 aromatic rings. The van der Waals surface area contributed by atoms with Crippen LogP contribution in [0.1, 0.15) is 5.56 Å². The van der Waals surface area contributed by atoms with Crippen LogP contribution in [-0.4, -0.2) is 18.9 Å². The van der Waals surface area contributed by atoms with E-state index in [9.17, 15) is 0 Å². The van der Waals surface area contributed by atoms with Gasteiger partial charge in [0.2, 0.25) is 0 Å². The molecular formula is C23H17ClN2O. The summed E-state index contributed by atoms with van der Waals surface area (Å²) in [5.41, 5.74) is 5.27. The van der Waals surface area contributed by atoms with E-state index in [-0.39, 0.29) is 0 Å². The maximum atomic E-state index is 6.16. The quantitative estimate of drug-likeness (QED) is 0.495. The first kappa shape index (κ1) is 16.2. The molecule has 0 atom stereocenters. The van der Waals surface area contributed by atoms with Crippen LogP contribution in [0.5, 0.6) is 0 Å². The predicted molar refractivity (Wildman–Crippen MR) is 112 cm³/mol. The third kappa shape index (κ3) is 3.00. The first-order chi connectivity index (χ1) is 13.3. The second-order valence-electron chi connectivity index (χ2n) is 6.57. The molecule has 1 aliphatic rings. The fourth-order valence-corrected chi connectivity index (χ4v) is 3.61. The number of aliphatic imine (C=N–C) groups is 1. The van der Waals surface area contributed by atoms with Gasteiger partial charge in [0.15, 0.2) is 0 Å². The molecule has 3 nitrogen and oxygen atoms in total. The van der Waals surface area contributed by atoms with Crippen molar-refractivity contribution < 1.29 is 4.42 Å². The van der Waals surface area contributed by atoms with Crippen molar-refractivity contribution in [2.75, 3.05) is 13.1 Å². The van der Waals surface area contributed by atoms with Gasteiger partial charge in [-0.2, -0.15) is 0 Å². The van der Waals surface area contributed by atoms with Gasteiger partial charge in [-0.3, -0.25) is 4.99 Å². The number of rotatable bonds is 3. The van der Waals surface area contributed by atoms with E-state index in [2.05, 4.69) is 40.6 Å². The van der Waals surface area contributed by atoms with Crippen LogP contribution in [-0.2, 0) is 0 Å². The molecule has 0 saturated heterocycles. The second kappa shape index (κ2) is 6.60. The first-order valence-electron chi connectivity index (χ1n) is 8.95. The highest BCUT2D eigenvalue weighted by Gasteiger charge is 2.16. The number of amidine groups is 1. The van der Waals surface area contributed by atoms with Gasteiger partial charge in [-0.25, -0.2) is 0 Å². The van der Waals surface area contributed by atoms with Crippen LogP contribution in [0.3, 0.4) is 0 Å². The molecule has 4 heteroatoms. The Bertz CT molecular complexity index is 1160. The summed E-state index contributed by atoms with van der Waals surface area (Å²) in [4.78, 5) is 4.56. The molecule has 0 spiro atoms. The number of furan rings is 1. The molecule has 0 fully saturated rings. The summed E-state index contributed by atoms with van der Waals surface area (Å²) in [6.45, 7) is 1.70. The summed E-state index contributed by atoms with van der Waals surface area (Å²) < 4.78 is 6.16. The molecular weight excluding hydrogens is 356 g/mol. The fraction of sp³-hybridized carbons (Fsp3) is 0.0870. The lowest BCUT2D eigenvalue weighted by Crippen LogP contribution is -2.20. The molecule has 1 N–H and O–H groups in total. The smallest absolute Gasteiger partial charge is 0.136 e. The number of nitrogens with one attached hydrogen (secondary N) is 1. The zero-order valence-electron chi connectivity index (χ0n) is 14.6. The average molecular weight is 373 g/mol. The van der Waals surface area contributed by atoms with Gasteiger partial charge >= 0.3 is 0 Å². The van der Waals surface area contributed by atoms with E-state index in [1.54, 1.807) is 0 Å². The number of nitrogens with zero attached hydrogens (tertiary/aromatic N) is 1. The Hall–Kier alpha value is -3.04. The molecule has 0 saturated carbocycles. The Morgan fingerprint density at radius 3 is 2.41 bits per heavy atom. The third-order valence-corrected chi connectivity index (χ3v) is 5.07. The standard InChI is InChI=1S/C23H17ClN2O/c24-18-8-5-15(6-9-18)16-7-10-21-17(13-16)14-22(27-21)19-3-1-2-4-20(19)23-25-11-12-26-23/h1-10,13-14H,11-12H2,(H,25,26). The van der Waals surface area contributed by atoms with Gasteiger partial charge in [-0.15, -0.1) is 0 Å². The normalized spacial score (nSPS) is 13.6. The minimum absolute atomic E-state index is 0.741. The third-order valence-electron chi connectivity index (χ3n) is 4.82. The minimum atomic E-state index is 0.741. The van der Waals surface area contributed by atoms with Gasteiger partial charge in [-0.05, 0) is 41.5 Å². The fourth-order valence-electron chi connectivity index (χ4n) is 3.48. The maximum Gasteiger partial charge on any atom is 0.136 e. The zero-order chi connectivity index (χ0) is 18.2. The van der Waals surface area contributed by atoms with Gasteiger partial charge in [0.1, 0.15) is 17.2 Å². The highest BCUT2D eigenvalue weighted by Crippen LogP contribution is 2.33. The van der Waals surface area contributed by atoms with Crippen molar-refractivity contribution in [3.63, 3.8) is 0 Å². The second-order valence-corrected chi connectivity index (χ2v) is 7.01. The van der Waals surface area contributed by atoms with Crippen molar-refractivity contribution >= 4 is 28.4 Å². The Balaban J connectivity index is 1.59. The highest BCUT2D eigenvalue weighted by atomic mass is 35.5. The van der Waals surface area contributed by atoms with Crippen molar-refractivity contribution in [2.45, 2.75) is 0 Å². The van der Waals surface area contributed by atoms with Gasteiger partial charge in [0.25, 0.3) is 0 Å². The minimum Gasteiger partial charge on any atom is -0.456 e. The van der Waals surface area contributed by atoms with Crippen LogP contribution in [0.15, 0.2) is 82.2 Å². The van der Waals surface area contributed by atoms with Crippen molar-refractivity contribution in [3.05, 3.63) is 83.4 Å². The van der Waals surface area contributed by atoms with Crippen LogP contribution in [0.4, 0.5) is 0 Å². The van der Waals surface area contributed by atoms with E-state index in [0.29, 0.717) is 0 Å². The lowest BCUT2D eigenvalue weighted by Gasteiger charge is -2.07. The Morgan fingerprint density at radius 1 is 0.852 bits per heavy atom. The molecule has 2 heterocycles. The maximum absolute atomic E-state index is 6.16. The van der Waals surface area contributed by atoms with E-state index in [1.807, 2.05) is 42.5 Å². The lowest BCUT2D eigenvalue weighted by molar-refractivity contribution is 0.631. The SMILES string of the molecule is Clc1ccc(-c2ccc3oc(-c4ccccc4C4=NCCN4)cc3c2)cc1. The van der Waals surface area contributed by atoms with Crippen molar-refractivity contribution in [2.24, 2.45) is 4.99 Å². The number of fused-ring (bicyclic) bond motifs is 1. The van der Waals surface area contributed by atoms with Crippen molar-refractivity contribution in [1.29, 1.82) is 0 Å². The largest absolute Gasteiger partial charge is 0.456 e. The summed E-state index contributed by atoms with van der Waals surface area (Å²) in [6, 6.07) is 24.5. The van der Waals surface area contributed by atoms with Crippen LogP contribution < -0.4 is 5.32 Å². The molecule has 3 aromatic carbocycles. The van der Waals surface area contributed by atoms with E-state index in [0.717, 1.165) is 62.9 Å². The average Bonchev–Trinajstić information content (AvgIpc) is 3.38. The monoisotopic (exact) mass is 372 g/mol. The summed E-state index contributed by atoms with van der Waals surface area (Å²) >= 11 is 6.00. The Labute approximate surface area is 162 Å². The van der Waals surface area contributed by atoms with Crippen LogP contribution >= 0.6 is 11.6 Å². The molecule has 0 radical (unpaired) electrons. The molecule has 1 aliphatic heterocycles. The van der Waals surface area contributed by atoms with Gasteiger partial charge in [0.05, 0.1) is 6.54 Å². The molecule has 0 unspecified atom stereocenters. The van der Waals surface area contributed by atoms with E-state index < -0.39 is 0 Å². The molecule has 0 bridgehead atoms. The topological polar surface area (TPSA) is 37.5 Å². The molecule has 0 aliphatic carbocycles. The summed E-state index contributed by atoms with van der Waals surface area (Å²) in [5, 5.41) is 5.17. The van der Waals surface area contributed by atoms with Crippen LogP contribution in [0.2, 0.25) is 5.02 Å². The summed E-state index contributed by atoms with van der Waals surface area (Å²) in [7, 11) is 0. The molecule has 27 heavy (non-hydrogen) atoms. The number of hydrogen-bond donors (Lipinski definition) is 1. The van der Waals surface area contributed by atoms with Crippen LogP contribution in [0, 0.1) is 0 Å². The van der Waals surface area contributed by atoms with E-state index >= 15 is 0 Å². The molecule has 132 valence electrons. The number of benzene rings is 3. The predicted octanol–water partition coefficient (Wildman–Crippen LogP) is 5.77. The molecule has 5 rings (SSSR count). The summed E-state index contributed by atoms with van der Waals surface area (Å²) in [6.07, 6.45) is 0. The zero-order valence-corrected chi connectivity index (χ0v) is 15.3. The number of hydrogen-bond acceptors (Lipinski definition) is 3. The van der Waals surface area contributed by atoms with Gasteiger partial charge < -0.3 is 9.73 Å². The first-order valence-corrected chi connectivity index (χ1v) is 9.33. The van der Waals surface area contributed by atoms with E-state index in [1.165, 1.54) is 0 Å². The molecule has 0 amide bonds. The van der Waals surface area contributed by atoms with Crippen molar-refractivity contribution in [1.82, 2.24) is 5.32 Å². The highest BCUT2D eigenvalue weighted by molar-refractivity contribution is 6.30. The van der Waals surface area contributed by atoms with Crippen LogP contribution in [0.25, 0.3) is 33.4 Å². The Morgan fingerprint density at radius 2 is 1.63 bits per heavy atom. The van der Waals surface area contributed by atoms with Gasteiger partial charge in [-0.1, -0.05) is 54.1 Å². The summed E-state index contributed by atoms with van der Waals surface area (Å²) in [5.74, 6) is 1.79. The van der Waals surface area contributed by atoms with Crippen molar-refractivity contribution in [3.8, 4) is 22.5 Å². The lowest BCUT2D eigenvalue weighted by atomic mass is 10.0. The number of halogens is 1. The molecule has 1 aromatic heterocycles. The van der Waals surface area contributed by atoms with Gasteiger partial charge in [0, 0.05) is 28.1 Å². The van der Waals surface area contributed by atoms with E-state index in [4.69, 9.17) is 16.0 Å². The Kier molecular flexibility index (Phi) is 3.95.